The van der Waals surface area contributed by atoms with Crippen LogP contribution < -0.4 is 0 Å². The molecule has 0 saturated heterocycles. The molecule has 13 heavy (non-hydrogen) atoms. The van der Waals surface area contributed by atoms with Crippen LogP contribution in [0.1, 0.15) is 17.3 Å². The van der Waals surface area contributed by atoms with Gasteiger partial charge in [-0.25, -0.2) is 4.39 Å². The molecule has 1 rings (SSSR count). The van der Waals surface area contributed by atoms with Gasteiger partial charge in [0, 0.05) is 5.56 Å². The van der Waals surface area contributed by atoms with Crippen LogP contribution in [0.4, 0.5) is 4.39 Å². The van der Waals surface area contributed by atoms with Crippen molar-refractivity contribution in [3.05, 3.63) is 46.8 Å². The Morgan fingerprint density at radius 1 is 1.54 bits per heavy atom. The van der Waals surface area contributed by atoms with Gasteiger partial charge in [0.25, 0.3) is 0 Å². The standard InChI is InChI=1S/C10H8ClFO/c1-6(2)10(13)7-3-4-8(11)9(12)5-7/h3-5H,1H2,2H3. The van der Waals surface area contributed by atoms with Crippen LogP contribution >= 0.6 is 11.6 Å². The van der Waals surface area contributed by atoms with E-state index in [2.05, 4.69) is 6.58 Å². The largest absolute Gasteiger partial charge is 0.289 e. The smallest absolute Gasteiger partial charge is 0.188 e. The zero-order chi connectivity index (χ0) is 10.0. The van der Waals surface area contributed by atoms with Gasteiger partial charge in [0.1, 0.15) is 5.82 Å². The van der Waals surface area contributed by atoms with Gasteiger partial charge in [-0.15, -0.1) is 0 Å². The number of allylic oxidation sites excluding steroid dienone is 1. The van der Waals surface area contributed by atoms with Gasteiger partial charge >= 0.3 is 0 Å². The number of Topliss-reactive ketones (excluding diaryl/α,β-unsaturated/α-hetero) is 1. The molecule has 0 spiro atoms. The maximum absolute atomic E-state index is 12.9. The normalized spacial score (nSPS) is 9.77. The van der Waals surface area contributed by atoms with Gasteiger partial charge in [-0.1, -0.05) is 18.2 Å². The predicted octanol–water partition coefficient (Wildman–Crippen LogP) is 3.24. The molecule has 0 aliphatic heterocycles. The van der Waals surface area contributed by atoms with E-state index in [1.807, 2.05) is 0 Å². The molecule has 1 aromatic carbocycles. The van der Waals surface area contributed by atoms with Crippen LogP contribution in [0, 0.1) is 5.82 Å². The fourth-order valence-electron chi connectivity index (χ4n) is 0.884. The molecular weight excluding hydrogens is 191 g/mol. The third-order valence-corrected chi connectivity index (χ3v) is 1.88. The van der Waals surface area contributed by atoms with Crippen LogP contribution in [0.25, 0.3) is 0 Å². The topological polar surface area (TPSA) is 17.1 Å². The second kappa shape index (κ2) is 3.71. The minimum absolute atomic E-state index is 0.0123. The van der Waals surface area contributed by atoms with Crippen molar-refractivity contribution in [3.8, 4) is 0 Å². The Bertz CT molecular complexity index is 371. The van der Waals surface area contributed by atoms with E-state index in [0.29, 0.717) is 5.57 Å². The van der Waals surface area contributed by atoms with Crippen LogP contribution in [0.5, 0.6) is 0 Å². The lowest BCUT2D eigenvalue weighted by Crippen LogP contribution is -1.99. The lowest BCUT2D eigenvalue weighted by atomic mass is 10.1. The van der Waals surface area contributed by atoms with E-state index in [4.69, 9.17) is 11.6 Å². The number of benzene rings is 1. The minimum atomic E-state index is -0.589. The summed E-state index contributed by atoms with van der Waals surface area (Å²) in [7, 11) is 0. The second-order valence-electron chi connectivity index (χ2n) is 2.74. The summed E-state index contributed by atoms with van der Waals surface area (Å²) in [5.41, 5.74) is 0.649. The minimum Gasteiger partial charge on any atom is -0.289 e. The first kappa shape index (κ1) is 9.93. The van der Waals surface area contributed by atoms with Crippen LogP contribution in [0.2, 0.25) is 5.02 Å². The summed E-state index contributed by atoms with van der Waals surface area (Å²) >= 11 is 5.46. The number of carbonyl (C=O) groups is 1. The van der Waals surface area contributed by atoms with Gasteiger partial charge in [0.05, 0.1) is 5.02 Å². The fourth-order valence-corrected chi connectivity index (χ4v) is 1.00. The molecular formula is C10H8ClFO. The molecule has 0 bridgehead atoms. The third kappa shape index (κ3) is 2.16. The highest BCUT2D eigenvalue weighted by Crippen LogP contribution is 2.17. The summed E-state index contributed by atoms with van der Waals surface area (Å²) in [5, 5.41) is 0.0123. The van der Waals surface area contributed by atoms with Crippen molar-refractivity contribution in [1.82, 2.24) is 0 Å². The average molecular weight is 199 g/mol. The van der Waals surface area contributed by atoms with Gasteiger partial charge in [-0.3, -0.25) is 4.79 Å². The van der Waals surface area contributed by atoms with Gasteiger partial charge in [-0.2, -0.15) is 0 Å². The summed E-state index contributed by atoms with van der Waals surface area (Å²) in [6.45, 7) is 5.06. The Labute approximate surface area is 80.8 Å². The van der Waals surface area contributed by atoms with Crippen LogP contribution in [0.15, 0.2) is 30.4 Å². The maximum atomic E-state index is 12.9. The summed E-state index contributed by atoms with van der Waals surface area (Å²) in [4.78, 5) is 11.3. The highest BCUT2D eigenvalue weighted by Gasteiger charge is 2.08. The summed E-state index contributed by atoms with van der Waals surface area (Å²) in [6, 6.07) is 3.94. The van der Waals surface area contributed by atoms with Gasteiger partial charge in [0.15, 0.2) is 5.78 Å². The molecule has 0 atom stereocenters. The summed E-state index contributed by atoms with van der Waals surface area (Å²) in [5.74, 6) is -0.857. The van der Waals surface area contributed by atoms with Crippen molar-refractivity contribution in [2.24, 2.45) is 0 Å². The first-order chi connectivity index (χ1) is 6.02. The quantitative estimate of drug-likeness (QED) is 0.527. The van der Waals surface area contributed by atoms with E-state index in [1.54, 1.807) is 6.92 Å². The number of carbonyl (C=O) groups excluding carboxylic acids is 1. The first-order valence-electron chi connectivity index (χ1n) is 3.67. The average Bonchev–Trinajstić information content (AvgIpc) is 2.08. The van der Waals surface area contributed by atoms with Crippen molar-refractivity contribution in [1.29, 1.82) is 0 Å². The molecule has 0 saturated carbocycles. The Kier molecular flexibility index (Phi) is 2.83. The highest BCUT2D eigenvalue weighted by atomic mass is 35.5. The molecule has 0 aromatic heterocycles. The monoisotopic (exact) mass is 198 g/mol. The molecule has 3 heteroatoms. The molecule has 1 nitrogen and oxygen atoms in total. The molecule has 0 unspecified atom stereocenters. The third-order valence-electron chi connectivity index (χ3n) is 1.57. The van der Waals surface area contributed by atoms with Crippen molar-refractivity contribution >= 4 is 17.4 Å². The van der Waals surface area contributed by atoms with Crippen molar-refractivity contribution in [2.75, 3.05) is 0 Å². The lowest BCUT2D eigenvalue weighted by Gasteiger charge is -2.00. The highest BCUT2D eigenvalue weighted by molar-refractivity contribution is 6.30. The van der Waals surface area contributed by atoms with Gasteiger partial charge in [0.2, 0.25) is 0 Å². The van der Waals surface area contributed by atoms with Crippen molar-refractivity contribution < 1.29 is 9.18 Å². The van der Waals surface area contributed by atoms with Gasteiger partial charge in [-0.05, 0) is 30.7 Å². The number of ketones is 1. The van der Waals surface area contributed by atoms with Crippen LogP contribution in [-0.2, 0) is 0 Å². The SMILES string of the molecule is C=C(C)C(=O)c1ccc(Cl)c(F)c1. The van der Waals surface area contributed by atoms with E-state index >= 15 is 0 Å². The molecule has 0 N–H and O–H groups in total. The molecule has 0 aliphatic carbocycles. The number of hydrogen-bond donors (Lipinski definition) is 0. The van der Waals surface area contributed by atoms with E-state index < -0.39 is 5.82 Å². The Morgan fingerprint density at radius 2 is 2.15 bits per heavy atom. The molecule has 68 valence electrons. The van der Waals surface area contributed by atoms with Crippen LogP contribution in [-0.4, -0.2) is 5.78 Å². The summed E-state index contributed by atoms with van der Waals surface area (Å²) < 4.78 is 12.9. The molecule has 0 fully saturated rings. The Balaban J connectivity index is 3.11. The molecule has 0 radical (unpaired) electrons. The van der Waals surface area contributed by atoms with Crippen molar-refractivity contribution in [2.45, 2.75) is 6.92 Å². The molecule has 0 amide bonds. The molecule has 0 heterocycles. The Hall–Kier alpha value is -1.15. The first-order valence-corrected chi connectivity index (χ1v) is 4.05. The fraction of sp³-hybridized carbons (Fsp3) is 0.100. The Morgan fingerprint density at radius 3 is 2.62 bits per heavy atom. The zero-order valence-corrected chi connectivity index (χ0v) is 7.86. The maximum Gasteiger partial charge on any atom is 0.188 e. The number of hydrogen-bond acceptors (Lipinski definition) is 1. The van der Waals surface area contributed by atoms with Crippen molar-refractivity contribution in [3.63, 3.8) is 0 Å². The number of halogens is 2. The second-order valence-corrected chi connectivity index (χ2v) is 3.15. The summed E-state index contributed by atoms with van der Waals surface area (Å²) in [6.07, 6.45) is 0. The predicted molar refractivity (Wildman–Crippen MR) is 50.6 cm³/mol. The van der Waals surface area contributed by atoms with E-state index in [1.165, 1.54) is 12.1 Å². The van der Waals surface area contributed by atoms with Crippen LogP contribution in [0.3, 0.4) is 0 Å². The lowest BCUT2D eigenvalue weighted by molar-refractivity contribution is 0.103. The number of rotatable bonds is 2. The molecule has 0 aliphatic rings. The van der Waals surface area contributed by atoms with Gasteiger partial charge < -0.3 is 0 Å². The molecule has 1 aromatic rings. The van der Waals surface area contributed by atoms with E-state index in [9.17, 15) is 9.18 Å². The van der Waals surface area contributed by atoms with E-state index in [0.717, 1.165) is 6.07 Å². The zero-order valence-electron chi connectivity index (χ0n) is 7.10. The van der Waals surface area contributed by atoms with E-state index in [-0.39, 0.29) is 16.4 Å².